The lowest BCUT2D eigenvalue weighted by Gasteiger charge is -2.34. The Kier molecular flexibility index (Phi) is 6.22. The van der Waals surface area contributed by atoms with Crippen LogP contribution in [0.2, 0.25) is 0 Å². The van der Waals surface area contributed by atoms with Crippen molar-refractivity contribution in [3.63, 3.8) is 0 Å². The number of halogens is 1. The fraction of sp³-hybridized carbons (Fsp3) is 0.565. The Morgan fingerprint density at radius 3 is 2.71 bits per heavy atom. The maximum Gasteiger partial charge on any atom is 0.274 e. The van der Waals surface area contributed by atoms with E-state index in [1.807, 2.05) is 0 Å². The van der Waals surface area contributed by atoms with Gasteiger partial charge in [0.05, 0.1) is 16.8 Å². The van der Waals surface area contributed by atoms with E-state index in [2.05, 4.69) is 16.0 Å². The Morgan fingerprint density at radius 2 is 1.94 bits per heavy atom. The summed E-state index contributed by atoms with van der Waals surface area (Å²) in [5.74, 6) is -1.62. The lowest BCUT2D eigenvalue weighted by atomic mass is 9.83. The number of likely N-dealkylation sites (tertiary alicyclic amines) is 1. The van der Waals surface area contributed by atoms with Gasteiger partial charge in [-0.1, -0.05) is 19.3 Å². The molecule has 3 aliphatic heterocycles. The van der Waals surface area contributed by atoms with E-state index in [9.17, 15) is 24.3 Å². The highest BCUT2D eigenvalue weighted by Gasteiger charge is 2.53. The SMILES string of the molecule is O=C(N[C@H](C(=O)N1C[C@H](Cl)[C@H]2OCC(=O)[C@H]21)C1CCCCC1)c1ccc2c(c1)NC(=O)C(O)N2. The number of benzene rings is 1. The van der Waals surface area contributed by atoms with E-state index in [0.29, 0.717) is 11.4 Å². The number of Topliss-reactive ketones (excluding diaryl/α,β-unsaturated/α-hetero) is 1. The van der Waals surface area contributed by atoms with Gasteiger partial charge in [0, 0.05) is 12.1 Å². The van der Waals surface area contributed by atoms with Gasteiger partial charge in [-0.3, -0.25) is 19.2 Å². The van der Waals surface area contributed by atoms with E-state index in [1.54, 1.807) is 12.1 Å². The average molecular weight is 491 g/mol. The fourth-order valence-corrected chi connectivity index (χ4v) is 5.76. The number of nitrogens with zero attached hydrogens (tertiary/aromatic N) is 1. The molecule has 3 fully saturated rings. The van der Waals surface area contributed by atoms with Crippen LogP contribution < -0.4 is 16.0 Å². The topological polar surface area (TPSA) is 137 Å². The van der Waals surface area contributed by atoms with E-state index < -0.39 is 41.6 Å². The number of hydrogen-bond donors (Lipinski definition) is 4. The number of fused-ring (bicyclic) bond motifs is 2. The van der Waals surface area contributed by atoms with Crippen molar-refractivity contribution in [1.82, 2.24) is 10.2 Å². The number of ketones is 1. The molecule has 1 aromatic carbocycles. The van der Waals surface area contributed by atoms with E-state index in [1.165, 1.54) is 11.0 Å². The number of hydrogen-bond acceptors (Lipinski definition) is 7. The number of rotatable bonds is 4. The molecule has 1 aliphatic carbocycles. The summed E-state index contributed by atoms with van der Waals surface area (Å²) in [6.45, 7) is 0.131. The fourth-order valence-electron chi connectivity index (χ4n) is 5.40. The number of aliphatic hydroxyl groups excluding tert-OH is 1. The third-order valence-electron chi connectivity index (χ3n) is 7.16. The van der Waals surface area contributed by atoms with Gasteiger partial charge in [-0.25, -0.2) is 0 Å². The summed E-state index contributed by atoms with van der Waals surface area (Å²) in [6.07, 6.45) is 2.74. The largest absolute Gasteiger partial charge is 0.366 e. The number of aliphatic hydroxyl groups is 1. The van der Waals surface area contributed by atoms with Crippen LogP contribution in [0, 0.1) is 5.92 Å². The van der Waals surface area contributed by atoms with Gasteiger partial charge in [0.15, 0.2) is 5.78 Å². The first-order chi connectivity index (χ1) is 16.3. The predicted molar refractivity (Wildman–Crippen MR) is 122 cm³/mol. The van der Waals surface area contributed by atoms with Crippen LogP contribution in [0.15, 0.2) is 18.2 Å². The van der Waals surface area contributed by atoms with Gasteiger partial charge < -0.3 is 30.7 Å². The molecule has 3 heterocycles. The van der Waals surface area contributed by atoms with Crippen LogP contribution in [-0.2, 0) is 19.1 Å². The van der Waals surface area contributed by atoms with Crippen LogP contribution in [0.1, 0.15) is 42.5 Å². The first kappa shape index (κ1) is 23.1. The summed E-state index contributed by atoms with van der Waals surface area (Å²) >= 11 is 6.38. The maximum absolute atomic E-state index is 13.7. The van der Waals surface area contributed by atoms with Gasteiger partial charge in [0.1, 0.15) is 24.8 Å². The molecule has 2 saturated heterocycles. The number of anilines is 2. The molecule has 11 heteroatoms. The minimum Gasteiger partial charge on any atom is -0.366 e. The first-order valence-corrected chi connectivity index (χ1v) is 12.1. The van der Waals surface area contributed by atoms with Gasteiger partial charge in [-0.2, -0.15) is 0 Å². The molecule has 0 aromatic heterocycles. The summed E-state index contributed by atoms with van der Waals surface area (Å²) < 4.78 is 5.51. The van der Waals surface area contributed by atoms with Crippen LogP contribution in [0.5, 0.6) is 0 Å². The second-order valence-corrected chi connectivity index (χ2v) is 9.90. The van der Waals surface area contributed by atoms with Crippen molar-refractivity contribution in [1.29, 1.82) is 0 Å². The summed E-state index contributed by atoms with van der Waals surface area (Å²) in [4.78, 5) is 52.6. The number of carbonyl (C=O) groups excluding carboxylic acids is 4. The molecule has 1 unspecified atom stereocenters. The molecule has 34 heavy (non-hydrogen) atoms. The van der Waals surface area contributed by atoms with E-state index in [-0.39, 0.29) is 36.3 Å². The average Bonchev–Trinajstić information content (AvgIpc) is 3.38. The second-order valence-electron chi connectivity index (χ2n) is 9.34. The van der Waals surface area contributed by atoms with Crippen LogP contribution in [0.4, 0.5) is 11.4 Å². The van der Waals surface area contributed by atoms with Crippen molar-refractivity contribution in [3.05, 3.63) is 23.8 Å². The van der Waals surface area contributed by atoms with E-state index in [4.69, 9.17) is 16.3 Å². The summed E-state index contributed by atoms with van der Waals surface area (Å²) in [7, 11) is 0. The Balaban J connectivity index is 1.38. The zero-order valence-corrected chi connectivity index (χ0v) is 19.2. The highest BCUT2D eigenvalue weighted by Crippen LogP contribution is 2.34. The van der Waals surface area contributed by atoms with Crippen LogP contribution in [0.3, 0.4) is 0 Å². The summed E-state index contributed by atoms with van der Waals surface area (Å²) in [6, 6.07) is 3.13. The van der Waals surface area contributed by atoms with Crippen molar-refractivity contribution in [2.75, 3.05) is 23.8 Å². The molecule has 3 amide bonds. The normalized spacial score (nSPS) is 29.6. The monoisotopic (exact) mass is 490 g/mol. The van der Waals surface area contributed by atoms with Crippen molar-refractivity contribution >= 4 is 46.5 Å². The zero-order valence-electron chi connectivity index (χ0n) is 18.5. The van der Waals surface area contributed by atoms with E-state index >= 15 is 0 Å². The van der Waals surface area contributed by atoms with Crippen LogP contribution in [-0.4, -0.2) is 76.5 Å². The lowest BCUT2D eigenvalue weighted by Crippen LogP contribution is -2.55. The molecule has 0 spiro atoms. The predicted octanol–water partition coefficient (Wildman–Crippen LogP) is 0.834. The Bertz CT molecular complexity index is 1030. The van der Waals surface area contributed by atoms with Gasteiger partial charge >= 0.3 is 0 Å². The van der Waals surface area contributed by atoms with E-state index in [0.717, 1.165) is 32.1 Å². The molecule has 182 valence electrons. The first-order valence-electron chi connectivity index (χ1n) is 11.6. The molecular formula is C23H27ClN4O6. The number of alkyl halides is 1. The smallest absolute Gasteiger partial charge is 0.274 e. The molecule has 1 aromatic rings. The van der Waals surface area contributed by atoms with Crippen molar-refractivity contribution in [3.8, 4) is 0 Å². The second kappa shape index (κ2) is 9.16. The highest BCUT2D eigenvalue weighted by atomic mass is 35.5. The maximum atomic E-state index is 13.7. The van der Waals surface area contributed by atoms with Gasteiger partial charge in [0.25, 0.3) is 11.8 Å². The molecule has 4 N–H and O–H groups in total. The molecule has 4 aliphatic rings. The molecule has 5 atom stereocenters. The van der Waals surface area contributed by atoms with Crippen LogP contribution in [0.25, 0.3) is 0 Å². The minimum absolute atomic E-state index is 0.0513. The molecule has 0 bridgehead atoms. The van der Waals surface area contributed by atoms with Gasteiger partial charge in [-0.05, 0) is 37.0 Å². The van der Waals surface area contributed by atoms with Gasteiger partial charge in [-0.15, -0.1) is 11.6 Å². The van der Waals surface area contributed by atoms with Crippen molar-refractivity contribution < 1.29 is 29.0 Å². The standard InChI is InChI=1S/C23H27ClN4O6/c24-13-9-28(18-16(29)10-34-19(13)18)23(33)17(11-4-2-1-3-5-11)27-20(30)12-6-7-14-15(8-12)26-22(32)21(31)25-14/h6-8,11,13,17-19,21,25,31H,1-5,9-10H2,(H,26,32)(H,27,30)/t13-,17-,18+,19+,21?/m0/s1. The highest BCUT2D eigenvalue weighted by molar-refractivity contribution is 6.22. The van der Waals surface area contributed by atoms with Crippen LogP contribution >= 0.6 is 11.6 Å². The summed E-state index contributed by atoms with van der Waals surface area (Å²) in [5.41, 5.74) is 1.12. The number of nitrogens with one attached hydrogen (secondary N) is 3. The number of ether oxygens (including phenoxy) is 1. The molecule has 10 nitrogen and oxygen atoms in total. The molecular weight excluding hydrogens is 464 g/mol. The molecule has 5 rings (SSSR count). The molecule has 0 radical (unpaired) electrons. The number of amides is 3. The Labute approximate surface area is 201 Å². The van der Waals surface area contributed by atoms with Gasteiger partial charge in [0.2, 0.25) is 12.1 Å². The lowest BCUT2D eigenvalue weighted by molar-refractivity contribution is -0.139. The van der Waals surface area contributed by atoms with Crippen molar-refractivity contribution in [2.45, 2.75) is 61.9 Å². The van der Waals surface area contributed by atoms with Crippen molar-refractivity contribution in [2.24, 2.45) is 5.92 Å². The minimum atomic E-state index is -1.36. The molecule has 1 saturated carbocycles. The zero-order chi connectivity index (χ0) is 24.0. The Morgan fingerprint density at radius 1 is 1.18 bits per heavy atom. The third kappa shape index (κ3) is 4.14. The third-order valence-corrected chi connectivity index (χ3v) is 7.55. The summed E-state index contributed by atoms with van der Waals surface area (Å²) in [5, 5.41) is 17.3. The Hall–Kier alpha value is -2.69. The quantitative estimate of drug-likeness (QED) is 0.459. The number of carbonyl (C=O) groups is 4.